The van der Waals surface area contributed by atoms with Crippen molar-refractivity contribution in [1.29, 1.82) is 0 Å². The highest BCUT2D eigenvalue weighted by Crippen LogP contribution is 2.28. The van der Waals surface area contributed by atoms with E-state index in [-0.39, 0.29) is 17.5 Å². The third-order valence-corrected chi connectivity index (χ3v) is 3.06. The van der Waals surface area contributed by atoms with E-state index in [9.17, 15) is 13.6 Å². The SMILES string of the molecule is O=C1CC(CCl)CN1c1cc(F)ccc1F. The monoisotopic (exact) mass is 245 g/mol. The highest BCUT2D eigenvalue weighted by molar-refractivity contribution is 6.18. The molecule has 1 aliphatic heterocycles. The number of alkyl halides is 1. The smallest absolute Gasteiger partial charge is 0.227 e. The number of amides is 1. The topological polar surface area (TPSA) is 20.3 Å². The highest BCUT2D eigenvalue weighted by atomic mass is 35.5. The zero-order valence-corrected chi connectivity index (χ0v) is 9.18. The number of carbonyl (C=O) groups is 1. The molecule has 16 heavy (non-hydrogen) atoms. The second kappa shape index (κ2) is 4.37. The molecule has 0 aromatic heterocycles. The van der Waals surface area contributed by atoms with Crippen molar-refractivity contribution in [2.24, 2.45) is 5.92 Å². The summed E-state index contributed by atoms with van der Waals surface area (Å²) in [5.41, 5.74) is -0.00221. The van der Waals surface area contributed by atoms with Crippen molar-refractivity contribution >= 4 is 23.2 Å². The molecule has 1 unspecified atom stereocenters. The first-order chi connectivity index (χ1) is 7.61. The Morgan fingerprint density at radius 1 is 1.44 bits per heavy atom. The van der Waals surface area contributed by atoms with Crippen molar-refractivity contribution in [3.05, 3.63) is 29.8 Å². The number of hydrogen-bond donors (Lipinski definition) is 0. The maximum atomic E-state index is 13.4. The van der Waals surface area contributed by atoms with E-state index in [0.29, 0.717) is 18.8 Å². The van der Waals surface area contributed by atoms with E-state index >= 15 is 0 Å². The molecule has 2 nitrogen and oxygen atoms in total. The van der Waals surface area contributed by atoms with E-state index < -0.39 is 11.6 Å². The van der Waals surface area contributed by atoms with Gasteiger partial charge in [0, 0.05) is 24.9 Å². The van der Waals surface area contributed by atoms with Crippen LogP contribution in [0.3, 0.4) is 0 Å². The van der Waals surface area contributed by atoms with Gasteiger partial charge in [-0.2, -0.15) is 0 Å². The summed E-state index contributed by atoms with van der Waals surface area (Å²) in [6.07, 6.45) is 0.291. The number of nitrogens with zero attached hydrogens (tertiary/aromatic N) is 1. The molecule has 5 heteroatoms. The van der Waals surface area contributed by atoms with Gasteiger partial charge in [0.1, 0.15) is 11.6 Å². The molecule has 86 valence electrons. The van der Waals surface area contributed by atoms with Gasteiger partial charge in [0.25, 0.3) is 0 Å². The van der Waals surface area contributed by atoms with Gasteiger partial charge < -0.3 is 4.90 Å². The van der Waals surface area contributed by atoms with Gasteiger partial charge in [0.05, 0.1) is 5.69 Å². The minimum absolute atomic E-state index is 0.00221. The van der Waals surface area contributed by atoms with E-state index in [1.807, 2.05) is 0 Å². The third kappa shape index (κ3) is 2.02. The Bertz CT molecular complexity index is 424. The van der Waals surface area contributed by atoms with Crippen molar-refractivity contribution in [3.63, 3.8) is 0 Å². The lowest BCUT2D eigenvalue weighted by molar-refractivity contribution is -0.117. The summed E-state index contributed by atoms with van der Waals surface area (Å²) in [5.74, 6) is -1.01. The van der Waals surface area contributed by atoms with E-state index in [4.69, 9.17) is 11.6 Å². The summed E-state index contributed by atoms with van der Waals surface area (Å²) in [7, 11) is 0. The normalized spacial score (nSPS) is 20.6. The number of hydrogen-bond acceptors (Lipinski definition) is 1. The Labute approximate surface area is 96.8 Å². The lowest BCUT2D eigenvalue weighted by atomic mass is 10.1. The molecule has 2 rings (SSSR count). The van der Waals surface area contributed by atoms with Crippen LogP contribution in [0.1, 0.15) is 6.42 Å². The molecule has 0 radical (unpaired) electrons. The number of benzene rings is 1. The molecule has 0 saturated carbocycles. The molecule has 1 atom stereocenters. The predicted octanol–water partition coefficient (Wildman–Crippen LogP) is 2.56. The number of rotatable bonds is 2. The summed E-state index contributed by atoms with van der Waals surface area (Å²) < 4.78 is 26.4. The average Bonchev–Trinajstić information content (AvgIpc) is 2.63. The molecule has 1 aromatic rings. The zero-order chi connectivity index (χ0) is 11.7. The predicted molar refractivity (Wildman–Crippen MR) is 57.5 cm³/mol. The first-order valence-corrected chi connectivity index (χ1v) is 5.46. The standard InChI is InChI=1S/C11H10ClF2NO/c12-5-7-3-11(16)15(6-7)10-4-8(13)1-2-9(10)14/h1-2,4,7H,3,5-6H2. The lowest BCUT2D eigenvalue weighted by Crippen LogP contribution is -2.25. The van der Waals surface area contributed by atoms with Gasteiger partial charge in [-0.25, -0.2) is 8.78 Å². The molecule has 1 aromatic carbocycles. The van der Waals surface area contributed by atoms with Gasteiger partial charge >= 0.3 is 0 Å². The van der Waals surface area contributed by atoms with Crippen LogP contribution in [0.25, 0.3) is 0 Å². The van der Waals surface area contributed by atoms with Crippen LogP contribution < -0.4 is 4.90 Å². The quantitative estimate of drug-likeness (QED) is 0.734. The summed E-state index contributed by atoms with van der Waals surface area (Å²) in [4.78, 5) is 12.8. The first-order valence-electron chi connectivity index (χ1n) is 4.93. The van der Waals surface area contributed by atoms with Crippen LogP contribution in [0.4, 0.5) is 14.5 Å². The molecule has 1 aliphatic rings. The largest absolute Gasteiger partial charge is 0.309 e. The van der Waals surface area contributed by atoms with Crippen molar-refractivity contribution in [2.45, 2.75) is 6.42 Å². The van der Waals surface area contributed by atoms with Crippen LogP contribution in [-0.2, 0) is 4.79 Å². The molecule has 1 amide bonds. The van der Waals surface area contributed by atoms with Gasteiger partial charge in [0.2, 0.25) is 5.91 Å². The summed E-state index contributed by atoms with van der Waals surface area (Å²) in [6, 6.07) is 3.08. The second-order valence-corrected chi connectivity index (χ2v) is 4.13. The van der Waals surface area contributed by atoms with Crippen LogP contribution in [0.5, 0.6) is 0 Å². The maximum Gasteiger partial charge on any atom is 0.227 e. The highest BCUT2D eigenvalue weighted by Gasteiger charge is 2.31. The summed E-state index contributed by atoms with van der Waals surface area (Å²) >= 11 is 5.65. The Balaban J connectivity index is 2.30. The minimum Gasteiger partial charge on any atom is -0.309 e. The number of halogens is 3. The van der Waals surface area contributed by atoms with Crippen LogP contribution in [0.15, 0.2) is 18.2 Å². The molecule has 1 fully saturated rings. The number of anilines is 1. The van der Waals surface area contributed by atoms with Crippen molar-refractivity contribution in [3.8, 4) is 0 Å². The zero-order valence-electron chi connectivity index (χ0n) is 8.42. The summed E-state index contributed by atoms with van der Waals surface area (Å²) in [5, 5.41) is 0. The molecular formula is C11H10ClF2NO. The number of carbonyl (C=O) groups excluding carboxylic acids is 1. The van der Waals surface area contributed by atoms with Crippen molar-refractivity contribution in [1.82, 2.24) is 0 Å². The van der Waals surface area contributed by atoms with Gasteiger partial charge in [-0.3, -0.25) is 4.79 Å². The first kappa shape index (κ1) is 11.3. The van der Waals surface area contributed by atoms with Crippen LogP contribution in [0, 0.1) is 17.6 Å². The lowest BCUT2D eigenvalue weighted by Gasteiger charge is -2.17. The Morgan fingerprint density at radius 2 is 2.19 bits per heavy atom. The molecule has 0 spiro atoms. The third-order valence-electron chi connectivity index (χ3n) is 2.62. The van der Waals surface area contributed by atoms with Crippen LogP contribution >= 0.6 is 11.6 Å². The van der Waals surface area contributed by atoms with Crippen LogP contribution in [0.2, 0.25) is 0 Å². The fraction of sp³-hybridized carbons (Fsp3) is 0.364. The minimum atomic E-state index is -0.593. The fourth-order valence-electron chi connectivity index (χ4n) is 1.81. The molecule has 0 aliphatic carbocycles. The average molecular weight is 246 g/mol. The van der Waals surface area contributed by atoms with E-state index in [0.717, 1.165) is 18.2 Å². The van der Waals surface area contributed by atoms with Gasteiger partial charge in [-0.05, 0) is 18.1 Å². The van der Waals surface area contributed by atoms with Crippen molar-refractivity contribution < 1.29 is 13.6 Å². The summed E-state index contributed by atoms with van der Waals surface area (Å²) in [6.45, 7) is 0.350. The molecule has 0 bridgehead atoms. The second-order valence-electron chi connectivity index (χ2n) is 3.82. The molecule has 1 heterocycles. The van der Waals surface area contributed by atoms with E-state index in [1.54, 1.807) is 0 Å². The van der Waals surface area contributed by atoms with Gasteiger partial charge in [0.15, 0.2) is 0 Å². The Kier molecular flexibility index (Phi) is 3.10. The van der Waals surface area contributed by atoms with E-state index in [2.05, 4.69) is 0 Å². The van der Waals surface area contributed by atoms with Gasteiger partial charge in [-0.15, -0.1) is 11.6 Å². The Hall–Kier alpha value is -1.16. The fourth-order valence-corrected chi connectivity index (χ4v) is 2.02. The van der Waals surface area contributed by atoms with Gasteiger partial charge in [-0.1, -0.05) is 0 Å². The Morgan fingerprint density at radius 3 is 2.81 bits per heavy atom. The van der Waals surface area contributed by atoms with Crippen molar-refractivity contribution in [2.75, 3.05) is 17.3 Å². The van der Waals surface area contributed by atoms with E-state index in [1.165, 1.54) is 4.90 Å². The molecule has 0 N–H and O–H groups in total. The molecule has 1 saturated heterocycles. The van der Waals surface area contributed by atoms with Crippen LogP contribution in [-0.4, -0.2) is 18.3 Å². The molecular weight excluding hydrogens is 236 g/mol. The maximum absolute atomic E-state index is 13.4.